The van der Waals surface area contributed by atoms with Crippen LogP contribution in [0.5, 0.6) is 5.75 Å². The highest BCUT2D eigenvalue weighted by Gasteiger charge is 2.18. The molecule has 34 heavy (non-hydrogen) atoms. The molecular weight excluding hydrogens is 491 g/mol. The van der Waals surface area contributed by atoms with Gasteiger partial charge in [-0.25, -0.2) is 0 Å². The van der Waals surface area contributed by atoms with Crippen LogP contribution in [0.25, 0.3) is 20.7 Å². The number of aromatic nitrogens is 1. The van der Waals surface area contributed by atoms with Crippen LogP contribution >= 0.6 is 34.5 Å². The van der Waals surface area contributed by atoms with Crippen molar-refractivity contribution in [3.8, 4) is 22.3 Å². The second-order valence-corrected chi connectivity index (χ2v) is 9.40. The first-order valence-electron chi connectivity index (χ1n) is 10.6. The average Bonchev–Trinajstić information content (AvgIpc) is 3.21. The molecule has 0 aliphatic heterocycles. The SMILES string of the molecule is COc1cc(Nc2c(-c3ccc(CNCCCO)cc3)sc3cc(C#N)cnc23)c(Cl)cc1Cl. The Hall–Kier alpha value is -2.86. The normalized spacial score (nSPS) is 10.9. The van der Waals surface area contributed by atoms with Crippen LogP contribution in [0, 0.1) is 11.3 Å². The molecule has 0 bridgehead atoms. The van der Waals surface area contributed by atoms with Crippen molar-refractivity contribution in [2.45, 2.75) is 13.0 Å². The van der Waals surface area contributed by atoms with Crippen LogP contribution in [-0.2, 0) is 6.54 Å². The number of nitriles is 1. The van der Waals surface area contributed by atoms with E-state index >= 15 is 0 Å². The third-order valence-corrected chi connectivity index (χ3v) is 7.00. The molecule has 4 aromatic rings. The Bertz CT molecular complexity index is 1350. The molecule has 2 heterocycles. The standard InChI is InChI=1S/C25H22Cl2N4O2S/c1-33-21-11-20(18(26)10-19(21)27)31-24-23-22(9-16(12-28)14-30-23)34-25(24)17-5-3-15(4-6-17)13-29-7-2-8-32/h3-6,9-11,14,29,31-32H,2,7-8,13H2,1H3. The Balaban J connectivity index is 1.74. The summed E-state index contributed by atoms with van der Waals surface area (Å²) in [5.41, 5.74) is 4.85. The largest absolute Gasteiger partial charge is 0.495 e. The number of ether oxygens (including phenoxy) is 1. The van der Waals surface area contributed by atoms with Crippen LogP contribution in [0.1, 0.15) is 17.5 Å². The number of halogens is 2. The first-order chi connectivity index (χ1) is 16.5. The van der Waals surface area contributed by atoms with Crippen molar-refractivity contribution in [2.24, 2.45) is 0 Å². The Labute approximate surface area is 211 Å². The second kappa shape index (κ2) is 11.0. The van der Waals surface area contributed by atoms with Crippen molar-refractivity contribution in [1.82, 2.24) is 10.3 Å². The van der Waals surface area contributed by atoms with Crippen LogP contribution in [0.2, 0.25) is 10.0 Å². The Kier molecular flexibility index (Phi) is 7.88. The molecule has 0 amide bonds. The van der Waals surface area contributed by atoms with E-state index in [1.807, 2.05) is 6.07 Å². The van der Waals surface area contributed by atoms with Crippen molar-refractivity contribution in [2.75, 3.05) is 25.6 Å². The van der Waals surface area contributed by atoms with Crippen LogP contribution < -0.4 is 15.4 Å². The summed E-state index contributed by atoms with van der Waals surface area (Å²) < 4.78 is 6.25. The van der Waals surface area contributed by atoms with Crippen molar-refractivity contribution in [1.29, 1.82) is 5.26 Å². The lowest BCUT2D eigenvalue weighted by atomic mass is 10.1. The Morgan fingerprint density at radius 2 is 1.94 bits per heavy atom. The minimum absolute atomic E-state index is 0.179. The molecule has 0 unspecified atom stereocenters. The highest BCUT2D eigenvalue weighted by atomic mass is 35.5. The lowest BCUT2D eigenvalue weighted by Gasteiger charge is -2.13. The van der Waals surface area contributed by atoms with Gasteiger partial charge in [-0.1, -0.05) is 47.5 Å². The van der Waals surface area contributed by atoms with Gasteiger partial charge in [0.1, 0.15) is 17.3 Å². The number of pyridine rings is 1. The quantitative estimate of drug-likeness (QED) is 0.226. The number of aliphatic hydroxyl groups is 1. The predicted molar refractivity (Wildman–Crippen MR) is 139 cm³/mol. The first kappa shape index (κ1) is 24.3. The van der Waals surface area contributed by atoms with Crippen molar-refractivity contribution >= 4 is 56.1 Å². The van der Waals surface area contributed by atoms with Gasteiger partial charge in [-0.2, -0.15) is 5.26 Å². The third-order valence-electron chi connectivity index (χ3n) is 5.22. The smallest absolute Gasteiger partial charge is 0.139 e. The minimum atomic E-state index is 0.179. The number of nitrogens with zero attached hydrogens (tertiary/aromatic N) is 2. The van der Waals surface area contributed by atoms with E-state index in [0.29, 0.717) is 27.0 Å². The maximum atomic E-state index is 9.32. The number of thiophene rings is 1. The summed E-state index contributed by atoms with van der Waals surface area (Å²) in [5, 5.41) is 25.9. The molecule has 3 N–H and O–H groups in total. The molecule has 9 heteroatoms. The third kappa shape index (κ3) is 5.27. The number of anilines is 2. The fraction of sp³-hybridized carbons (Fsp3) is 0.200. The topological polar surface area (TPSA) is 90.2 Å². The van der Waals surface area contributed by atoms with E-state index in [4.69, 9.17) is 33.0 Å². The highest BCUT2D eigenvalue weighted by Crippen LogP contribution is 2.45. The van der Waals surface area contributed by atoms with E-state index in [1.165, 1.54) is 0 Å². The predicted octanol–water partition coefficient (Wildman–Crippen LogP) is 6.37. The van der Waals surface area contributed by atoms with Gasteiger partial charge >= 0.3 is 0 Å². The molecule has 174 valence electrons. The molecule has 2 aromatic heterocycles. The molecule has 0 aliphatic rings. The number of rotatable bonds is 9. The number of hydrogen-bond acceptors (Lipinski definition) is 7. The fourth-order valence-corrected chi connectivity index (χ4v) is 5.15. The average molecular weight is 513 g/mol. The monoisotopic (exact) mass is 512 g/mol. The van der Waals surface area contributed by atoms with E-state index in [1.54, 1.807) is 36.8 Å². The number of aliphatic hydroxyl groups excluding tert-OH is 1. The van der Waals surface area contributed by atoms with Gasteiger partial charge < -0.3 is 20.5 Å². The van der Waals surface area contributed by atoms with Gasteiger partial charge in [-0.15, -0.1) is 11.3 Å². The molecule has 0 radical (unpaired) electrons. The van der Waals surface area contributed by atoms with E-state index in [2.05, 4.69) is 46.0 Å². The summed E-state index contributed by atoms with van der Waals surface area (Å²) in [6.07, 6.45) is 2.29. The minimum Gasteiger partial charge on any atom is -0.495 e. The second-order valence-electron chi connectivity index (χ2n) is 7.53. The number of hydrogen-bond donors (Lipinski definition) is 3. The van der Waals surface area contributed by atoms with Crippen LogP contribution in [0.15, 0.2) is 48.7 Å². The summed E-state index contributed by atoms with van der Waals surface area (Å²) in [6.45, 7) is 1.67. The summed E-state index contributed by atoms with van der Waals surface area (Å²) in [4.78, 5) is 5.53. The molecule has 4 rings (SSSR count). The molecular formula is C25H22Cl2N4O2S. The Morgan fingerprint density at radius 3 is 2.65 bits per heavy atom. The van der Waals surface area contributed by atoms with Gasteiger partial charge in [0.25, 0.3) is 0 Å². The molecule has 0 saturated carbocycles. The van der Waals surface area contributed by atoms with Gasteiger partial charge in [-0.05, 0) is 36.2 Å². The fourth-order valence-electron chi connectivity index (χ4n) is 3.49. The van der Waals surface area contributed by atoms with Crippen molar-refractivity contribution in [3.63, 3.8) is 0 Å². The zero-order valence-corrected chi connectivity index (χ0v) is 20.7. The number of nitrogens with one attached hydrogen (secondary N) is 2. The van der Waals surface area contributed by atoms with E-state index in [0.717, 1.165) is 51.4 Å². The lowest BCUT2D eigenvalue weighted by molar-refractivity contribution is 0.286. The van der Waals surface area contributed by atoms with Crippen LogP contribution in [0.4, 0.5) is 11.4 Å². The molecule has 6 nitrogen and oxygen atoms in total. The molecule has 2 aromatic carbocycles. The van der Waals surface area contributed by atoms with Crippen molar-refractivity contribution in [3.05, 3.63) is 69.8 Å². The Morgan fingerprint density at radius 1 is 1.15 bits per heavy atom. The summed E-state index contributed by atoms with van der Waals surface area (Å²) in [5.74, 6) is 0.507. The van der Waals surface area contributed by atoms with Crippen molar-refractivity contribution < 1.29 is 9.84 Å². The first-order valence-corrected chi connectivity index (χ1v) is 12.1. The molecule has 0 aliphatic carbocycles. The molecule has 0 saturated heterocycles. The summed E-state index contributed by atoms with van der Waals surface area (Å²) in [6, 6.07) is 15.7. The number of benzene rings is 2. The lowest BCUT2D eigenvalue weighted by Crippen LogP contribution is -2.15. The van der Waals surface area contributed by atoms with Gasteiger partial charge in [0.15, 0.2) is 0 Å². The van der Waals surface area contributed by atoms with Gasteiger partial charge in [-0.3, -0.25) is 4.98 Å². The summed E-state index contributed by atoms with van der Waals surface area (Å²) in [7, 11) is 1.55. The number of fused-ring (bicyclic) bond motifs is 1. The van der Waals surface area contributed by atoms with Gasteiger partial charge in [0, 0.05) is 25.4 Å². The molecule has 0 atom stereocenters. The zero-order chi connectivity index (χ0) is 24.1. The van der Waals surface area contributed by atoms with Crippen LogP contribution in [0.3, 0.4) is 0 Å². The maximum Gasteiger partial charge on any atom is 0.139 e. The van der Waals surface area contributed by atoms with Crippen LogP contribution in [-0.4, -0.2) is 30.4 Å². The van der Waals surface area contributed by atoms with E-state index < -0.39 is 0 Å². The zero-order valence-electron chi connectivity index (χ0n) is 18.4. The van der Waals surface area contributed by atoms with E-state index in [-0.39, 0.29) is 6.61 Å². The van der Waals surface area contributed by atoms with Gasteiger partial charge in [0.2, 0.25) is 0 Å². The summed E-state index contributed by atoms with van der Waals surface area (Å²) >= 11 is 14.2. The molecule has 0 fully saturated rings. The maximum absolute atomic E-state index is 9.32. The van der Waals surface area contributed by atoms with Gasteiger partial charge in [0.05, 0.1) is 43.7 Å². The highest BCUT2D eigenvalue weighted by molar-refractivity contribution is 7.23. The molecule has 0 spiro atoms. The number of methoxy groups -OCH3 is 1. The van der Waals surface area contributed by atoms with E-state index in [9.17, 15) is 5.26 Å².